The Labute approximate surface area is 111 Å². The first-order valence-electron chi connectivity index (χ1n) is 6.39. The summed E-state index contributed by atoms with van der Waals surface area (Å²) in [6.45, 7) is 0.961. The van der Waals surface area contributed by atoms with E-state index < -0.39 is 0 Å². The van der Waals surface area contributed by atoms with Gasteiger partial charge in [-0.15, -0.1) is 0 Å². The summed E-state index contributed by atoms with van der Waals surface area (Å²) in [5.41, 5.74) is 3.34. The summed E-state index contributed by atoms with van der Waals surface area (Å²) >= 11 is 0. The number of aromatic nitrogens is 3. The van der Waals surface area contributed by atoms with Gasteiger partial charge in [-0.3, -0.25) is 4.40 Å². The third-order valence-corrected chi connectivity index (χ3v) is 3.52. The van der Waals surface area contributed by atoms with Crippen molar-refractivity contribution in [3.63, 3.8) is 0 Å². The first-order chi connectivity index (χ1) is 9.24. The van der Waals surface area contributed by atoms with Crippen LogP contribution < -0.4 is 10.1 Å². The Kier molecular flexibility index (Phi) is 2.91. The van der Waals surface area contributed by atoms with Gasteiger partial charge in [0.25, 0.3) is 0 Å². The average molecular weight is 258 g/mol. The zero-order chi connectivity index (χ0) is 13.4. The van der Waals surface area contributed by atoms with E-state index in [1.54, 1.807) is 7.11 Å². The van der Waals surface area contributed by atoms with Gasteiger partial charge in [-0.2, -0.15) is 0 Å². The number of hydrogen-bond acceptors (Lipinski definition) is 3. The van der Waals surface area contributed by atoms with Crippen LogP contribution in [0.2, 0.25) is 0 Å². The Morgan fingerprint density at radius 2 is 2.21 bits per heavy atom. The predicted octanol–water partition coefficient (Wildman–Crippen LogP) is 1.60. The second kappa shape index (κ2) is 4.59. The van der Waals surface area contributed by atoms with Gasteiger partial charge >= 0.3 is 0 Å². The number of hydrogen-bond donors (Lipinski definition) is 1. The fourth-order valence-electron chi connectivity index (χ4n) is 2.40. The highest BCUT2D eigenvalue weighted by Crippen LogP contribution is 2.23. The van der Waals surface area contributed by atoms with E-state index >= 15 is 0 Å². The summed E-state index contributed by atoms with van der Waals surface area (Å²) in [6, 6.07) is 5.96. The summed E-state index contributed by atoms with van der Waals surface area (Å²) in [7, 11) is 5.71. The van der Waals surface area contributed by atoms with Crippen molar-refractivity contribution in [1.29, 1.82) is 0 Å². The zero-order valence-corrected chi connectivity index (χ0v) is 11.5. The number of nitrogens with zero attached hydrogens (tertiary/aromatic N) is 3. The van der Waals surface area contributed by atoms with Crippen LogP contribution in [-0.2, 0) is 13.5 Å². The highest BCUT2D eigenvalue weighted by atomic mass is 16.5. The van der Waals surface area contributed by atoms with Crippen molar-refractivity contribution >= 4 is 16.8 Å². The number of nitrogens with one attached hydrogen (secondary N) is 1. The maximum atomic E-state index is 5.28. The molecule has 1 N–H and O–H groups in total. The van der Waals surface area contributed by atoms with Gasteiger partial charge in [0.1, 0.15) is 5.75 Å². The number of likely N-dealkylation sites (N-methyl/N-ethyl adjacent to an activating group) is 1. The lowest BCUT2D eigenvalue weighted by molar-refractivity contribution is 0.415. The van der Waals surface area contributed by atoms with Crippen LogP contribution in [0, 0.1) is 0 Å². The van der Waals surface area contributed by atoms with Crippen LogP contribution in [0.5, 0.6) is 5.75 Å². The van der Waals surface area contributed by atoms with E-state index in [2.05, 4.69) is 32.5 Å². The summed E-state index contributed by atoms with van der Waals surface area (Å²) < 4.78 is 9.56. The van der Waals surface area contributed by atoms with Crippen molar-refractivity contribution in [2.45, 2.75) is 6.42 Å². The lowest BCUT2D eigenvalue weighted by atomic mass is 10.3. The Hall–Kier alpha value is -2.01. The van der Waals surface area contributed by atoms with Crippen LogP contribution in [0.4, 0.5) is 0 Å². The molecule has 1 aromatic carbocycles. The van der Waals surface area contributed by atoms with Crippen molar-refractivity contribution in [3.8, 4) is 5.75 Å². The molecule has 0 aliphatic rings. The molecule has 0 fully saturated rings. The second-order valence-corrected chi connectivity index (χ2v) is 4.67. The monoisotopic (exact) mass is 258 g/mol. The molecule has 5 nitrogen and oxygen atoms in total. The van der Waals surface area contributed by atoms with Gasteiger partial charge in [0.15, 0.2) is 0 Å². The first-order valence-corrected chi connectivity index (χ1v) is 6.39. The second-order valence-electron chi connectivity index (χ2n) is 4.67. The lowest BCUT2D eigenvalue weighted by Crippen LogP contribution is -2.12. The Morgan fingerprint density at radius 3 is 2.95 bits per heavy atom. The zero-order valence-electron chi connectivity index (χ0n) is 11.5. The molecule has 2 heterocycles. The topological polar surface area (TPSA) is 43.5 Å². The standard InChI is InChI=1S/C14H18N4O/c1-15-7-6-10-9-18-13-8-11(19-3)4-5-12(13)16-14(18)17(10)2/h4-5,8-9,15H,6-7H2,1-3H3. The summed E-state index contributed by atoms with van der Waals surface area (Å²) in [5, 5.41) is 3.17. The molecule has 0 aliphatic heterocycles. The number of fused-ring (bicyclic) bond motifs is 3. The van der Waals surface area contributed by atoms with Gasteiger partial charge in [-0.25, -0.2) is 4.98 Å². The molecule has 0 unspecified atom stereocenters. The molecule has 0 radical (unpaired) electrons. The largest absolute Gasteiger partial charge is 0.497 e. The molecule has 3 aromatic rings. The van der Waals surface area contributed by atoms with Gasteiger partial charge in [-0.05, 0) is 19.2 Å². The van der Waals surface area contributed by atoms with Crippen LogP contribution in [0.15, 0.2) is 24.4 Å². The van der Waals surface area contributed by atoms with Crippen LogP contribution in [0.1, 0.15) is 5.69 Å². The van der Waals surface area contributed by atoms with Crippen molar-refractivity contribution < 1.29 is 4.74 Å². The van der Waals surface area contributed by atoms with Crippen LogP contribution in [-0.4, -0.2) is 34.7 Å². The van der Waals surface area contributed by atoms with Crippen molar-refractivity contribution in [2.75, 3.05) is 20.7 Å². The minimum absolute atomic E-state index is 0.856. The van der Waals surface area contributed by atoms with Crippen LogP contribution >= 0.6 is 0 Å². The molecule has 0 bridgehead atoms. The fourth-order valence-corrected chi connectivity index (χ4v) is 2.40. The van der Waals surface area contributed by atoms with Gasteiger partial charge in [-0.1, -0.05) is 0 Å². The smallest absolute Gasteiger partial charge is 0.214 e. The fraction of sp³-hybridized carbons (Fsp3) is 0.357. The van der Waals surface area contributed by atoms with Gasteiger partial charge in [0.05, 0.1) is 18.1 Å². The van der Waals surface area contributed by atoms with E-state index in [1.165, 1.54) is 5.69 Å². The third kappa shape index (κ3) is 1.86. The number of benzene rings is 1. The number of imidazole rings is 2. The number of methoxy groups -OCH3 is 1. The number of rotatable bonds is 4. The predicted molar refractivity (Wildman–Crippen MR) is 75.9 cm³/mol. The lowest BCUT2D eigenvalue weighted by Gasteiger charge is -2.01. The highest BCUT2D eigenvalue weighted by molar-refractivity contribution is 5.81. The summed E-state index contributed by atoms with van der Waals surface area (Å²) in [4.78, 5) is 4.67. The molecular weight excluding hydrogens is 240 g/mol. The van der Waals surface area contributed by atoms with E-state index in [0.29, 0.717) is 0 Å². The Balaban J connectivity index is 2.18. The minimum Gasteiger partial charge on any atom is -0.497 e. The third-order valence-electron chi connectivity index (χ3n) is 3.52. The van der Waals surface area contributed by atoms with E-state index in [1.807, 2.05) is 25.2 Å². The quantitative estimate of drug-likeness (QED) is 0.773. The molecule has 19 heavy (non-hydrogen) atoms. The Bertz CT molecular complexity index is 726. The van der Waals surface area contributed by atoms with E-state index in [9.17, 15) is 0 Å². The van der Waals surface area contributed by atoms with E-state index in [0.717, 1.165) is 35.5 Å². The Morgan fingerprint density at radius 1 is 1.37 bits per heavy atom. The molecule has 0 atom stereocenters. The first kappa shape index (κ1) is 12.0. The van der Waals surface area contributed by atoms with Gasteiger partial charge in [0.2, 0.25) is 5.78 Å². The molecule has 0 saturated carbocycles. The van der Waals surface area contributed by atoms with Gasteiger partial charge in [0, 0.05) is 38.0 Å². The van der Waals surface area contributed by atoms with Crippen LogP contribution in [0.25, 0.3) is 16.8 Å². The van der Waals surface area contributed by atoms with Crippen LogP contribution in [0.3, 0.4) is 0 Å². The van der Waals surface area contributed by atoms with Crippen molar-refractivity contribution in [3.05, 3.63) is 30.1 Å². The number of ether oxygens (including phenoxy) is 1. The van der Waals surface area contributed by atoms with Gasteiger partial charge < -0.3 is 14.6 Å². The highest BCUT2D eigenvalue weighted by Gasteiger charge is 2.11. The molecule has 0 aliphatic carbocycles. The average Bonchev–Trinajstić information content (AvgIpc) is 2.93. The maximum Gasteiger partial charge on any atom is 0.214 e. The molecule has 5 heteroatoms. The van der Waals surface area contributed by atoms with Crippen molar-refractivity contribution in [2.24, 2.45) is 7.05 Å². The SMILES string of the molecule is CNCCc1cn2c3cc(OC)ccc3nc2n1C. The molecule has 0 amide bonds. The molecule has 2 aromatic heterocycles. The normalized spacial score (nSPS) is 11.5. The van der Waals surface area contributed by atoms with E-state index in [4.69, 9.17) is 4.74 Å². The minimum atomic E-state index is 0.856. The summed E-state index contributed by atoms with van der Waals surface area (Å²) in [6.07, 6.45) is 3.14. The van der Waals surface area contributed by atoms with E-state index in [-0.39, 0.29) is 0 Å². The maximum absolute atomic E-state index is 5.28. The molecule has 0 spiro atoms. The molecular formula is C14H18N4O. The molecule has 0 saturated heterocycles. The number of aryl methyl sites for hydroxylation is 1. The molecule has 3 rings (SSSR count). The summed E-state index contributed by atoms with van der Waals surface area (Å²) in [5.74, 6) is 1.82. The molecule has 100 valence electrons. The van der Waals surface area contributed by atoms with Crippen molar-refractivity contribution in [1.82, 2.24) is 19.3 Å².